The van der Waals surface area contributed by atoms with E-state index >= 15 is 0 Å². The van der Waals surface area contributed by atoms with E-state index in [1.165, 1.54) is 43.9 Å². The van der Waals surface area contributed by atoms with Crippen molar-refractivity contribution in [2.24, 2.45) is 0 Å². The Bertz CT molecular complexity index is 525. The SMILES string of the molecule is CN(C)C1(CNC(=O)c2cc(Cl)ccc2F)CCCCCC1. The lowest BCUT2D eigenvalue weighted by Gasteiger charge is -2.39. The van der Waals surface area contributed by atoms with Crippen LogP contribution in [0, 0.1) is 5.82 Å². The van der Waals surface area contributed by atoms with Crippen LogP contribution in [0.1, 0.15) is 48.9 Å². The van der Waals surface area contributed by atoms with Crippen LogP contribution in [0.15, 0.2) is 18.2 Å². The third kappa shape index (κ3) is 3.99. The topological polar surface area (TPSA) is 32.3 Å². The summed E-state index contributed by atoms with van der Waals surface area (Å²) >= 11 is 5.85. The highest BCUT2D eigenvalue weighted by Crippen LogP contribution is 2.30. The number of halogens is 2. The molecule has 0 spiro atoms. The number of rotatable bonds is 4. The van der Waals surface area contributed by atoms with E-state index in [0.717, 1.165) is 12.8 Å². The van der Waals surface area contributed by atoms with Gasteiger partial charge in [-0.25, -0.2) is 4.39 Å². The Balaban J connectivity index is 2.08. The summed E-state index contributed by atoms with van der Waals surface area (Å²) in [5.74, 6) is -0.938. The maximum Gasteiger partial charge on any atom is 0.254 e. The van der Waals surface area contributed by atoms with Gasteiger partial charge in [0.2, 0.25) is 0 Å². The smallest absolute Gasteiger partial charge is 0.254 e. The molecule has 22 heavy (non-hydrogen) atoms. The molecule has 1 fully saturated rings. The van der Waals surface area contributed by atoms with Crippen LogP contribution >= 0.6 is 11.6 Å². The average Bonchev–Trinajstić information content (AvgIpc) is 2.74. The van der Waals surface area contributed by atoms with Gasteiger partial charge in [-0.2, -0.15) is 0 Å². The normalized spacial score (nSPS) is 18.0. The van der Waals surface area contributed by atoms with E-state index in [9.17, 15) is 9.18 Å². The van der Waals surface area contributed by atoms with Crippen molar-refractivity contribution >= 4 is 17.5 Å². The fourth-order valence-electron chi connectivity index (χ4n) is 3.18. The minimum Gasteiger partial charge on any atom is -0.350 e. The fraction of sp³-hybridized carbons (Fsp3) is 0.588. The van der Waals surface area contributed by atoms with E-state index < -0.39 is 11.7 Å². The van der Waals surface area contributed by atoms with Crippen LogP contribution in [-0.2, 0) is 0 Å². The van der Waals surface area contributed by atoms with Crippen molar-refractivity contribution in [3.8, 4) is 0 Å². The average molecular weight is 327 g/mol. The molecule has 1 aromatic rings. The lowest BCUT2D eigenvalue weighted by atomic mass is 9.88. The molecule has 0 aromatic heterocycles. The second kappa shape index (κ2) is 7.42. The van der Waals surface area contributed by atoms with Crippen LogP contribution < -0.4 is 5.32 Å². The molecule has 2 rings (SSSR count). The Labute approximate surface area is 136 Å². The summed E-state index contributed by atoms with van der Waals surface area (Å²) in [7, 11) is 4.11. The van der Waals surface area contributed by atoms with E-state index in [4.69, 9.17) is 11.6 Å². The number of carbonyl (C=O) groups is 1. The Morgan fingerprint density at radius 2 is 1.91 bits per heavy atom. The van der Waals surface area contributed by atoms with Crippen LogP contribution in [0.4, 0.5) is 4.39 Å². The zero-order chi connectivity index (χ0) is 16.2. The molecule has 0 bridgehead atoms. The maximum atomic E-state index is 13.8. The minimum absolute atomic E-state index is 0.00929. The number of carbonyl (C=O) groups excluding carboxylic acids is 1. The molecule has 1 saturated carbocycles. The first-order chi connectivity index (χ1) is 10.4. The summed E-state index contributed by atoms with van der Waals surface area (Å²) in [4.78, 5) is 14.5. The van der Waals surface area contributed by atoms with Crippen LogP contribution in [0.5, 0.6) is 0 Å². The van der Waals surface area contributed by atoms with Crippen LogP contribution in [0.2, 0.25) is 5.02 Å². The second-order valence-corrected chi connectivity index (χ2v) is 6.78. The molecule has 1 aromatic carbocycles. The van der Waals surface area contributed by atoms with Crippen LogP contribution in [0.3, 0.4) is 0 Å². The van der Waals surface area contributed by atoms with E-state index in [-0.39, 0.29) is 11.1 Å². The van der Waals surface area contributed by atoms with Crippen molar-refractivity contribution in [3.63, 3.8) is 0 Å². The van der Waals surface area contributed by atoms with Gasteiger partial charge in [-0.15, -0.1) is 0 Å². The van der Waals surface area contributed by atoms with Gasteiger partial charge in [0.05, 0.1) is 5.56 Å². The van der Waals surface area contributed by atoms with E-state index in [1.807, 2.05) is 0 Å². The molecular weight excluding hydrogens is 303 g/mol. The van der Waals surface area contributed by atoms with Crippen LogP contribution in [-0.4, -0.2) is 37.0 Å². The monoisotopic (exact) mass is 326 g/mol. The molecule has 1 N–H and O–H groups in total. The van der Waals surface area contributed by atoms with Gasteiger partial charge in [-0.05, 0) is 45.1 Å². The number of hydrogen-bond acceptors (Lipinski definition) is 2. The number of nitrogens with one attached hydrogen (secondary N) is 1. The molecule has 3 nitrogen and oxygen atoms in total. The molecule has 1 aliphatic carbocycles. The van der Waals surface area contributed by atoms with Gasteiger partial charge in [0, 0.05) is 17.1 Å². The van der Waals surface area contributed by atoms with Gasteiger partial charge in [-0.1, -0.05) is 37.3 Å². The Hall–Kier alpha value is -1.13. The highest BCUT2D eigenvalue weighted by Gasteiger charge is 2.33. The number of nitrogens with zero attached hydrogens (tertiary/aromatic N) is 1. The lowest BCUT2D eigenvalue weighted by Crippen LogP contribution is -2.52. The fourth-order valence-corrected chi connectivity index (χ4v) is 3.35. The summed E-state index contributed by atoms with van der Waals surface area (Å²) < 4.78 is 13.8. The molecular formula is C17H24ClFN2O. The second-order valence-electron chi connectivity index (χ2n) is 6.34. The third-order valence-corrected chi connectivity index (χ3v) is 4.97. The highest BCUT2D eigenvalue weighted by atomic mass is 35.5. The largest absolute Gasteiger partial charge is 0.350 e. The maximum absolute atomic E-state index is 13.8. The molecule has 0 aliphatic heterocycles. The zero-order valence-corrected chi connectivity index (χ0v) is 14.0. The number of benzene rings is 1. The highest BCUT2D eigenvalue weighted by molar-refractivity contribution is 6.31. The lowest BCUT2D eigenvalue weighted by molar-refractivity contribution is 0.0865. The number of hydrogen-bond donors (Lipinski definition) is 1. The first-order valence-corrected chi connectivity index (χ1v) is 8.23. The molecule has 0 heterocycles. The Morgan fingerprint density at radius 1 is 1.27 bits per heavy atom. The van der Waals surface area contributed by atoms with Crippen molar-refractivity contribution in [2.75, 3.05) is 20.6 Å². The molecule has 0 saturated heterocycles. The Morgan fingerprint density at radius 3 is 2.50 bits per heavy atom. The summed E-state index contributed by atoms with van der Waals surface area (Å²) in [6, 6.07) is 4.05. The predicted molar refractivity (Wildman–Crippen MR) is 87.9 cm³/mol. The third-order valence-electron chi connectivity index (χ3n) is 4.73. The van der Waals surface area contributed by atoms with Gasteiger partial charge in [0.1, 0.15) is 5.82 Å². The Kier molecular flexibility index (Phi) is 5.81. The van der Waals surface area contributed by atoms with E-state index in [2.05, 4.69) is 24.3 Å². The first-order valence-electron chi connectivity index (χ1n) is 7.85. The van der Waals surface area contributed by atoms with Gasteiger partial charge >= 0.3 is 0 Å². The summed E-state index contributed by atoms with van der Waals surface area (Å²) in [6.45, 7) is 0.533. The van der Waals surface area contributed by atoms with E-state index in [0.29, 0.717) is 11.6 Å². The zero-order valence-electron chi connectivity index (χ0n) is 13.3. The van der Waals surface area contributed by atoms with Crippen LogP contribution in [0.25, 0.3) is 0 Å². The molecule has 0 unspecified atom stereocenters. The number of amides is 1. The predicted octanol–water partition coefficient (Wildman–Crippen LogP) is 3.86. The van der Waals surface area contributed by atoms with Gasteiger partial charge < -0.3 is 10.2 Å². The van der Waals surface area contributed by atoms with Crippen molar-refractivity contribution < 1.29 is 9.18 Å². The molecule has 1 aliphatic rings. The van der Waals surface area contributed by atoms with Crippen molar-refractivity contribution in [1.29, 1.82) is 0 Å². The first kappa shape index (κ1) is 17.2. The van der Waals surface area contributed by atoms with Gasteiger partial charge in [-0.3, -0.25) is 4.79 Å². The van der Waals surface area contributed by atoms with Gasteiger partial charge in [0.15, 0.2) is 0 Å². The molecule has 1 amide bonds. The molecule has 122 valence electrons. The minimum atomic E-state index is -0.540. The van der Waals surface area contributed by atoms with Crippen molar-refractivity contribution in [2.45, 2.75) is 44.1 Å². The number of likely N-dealkylation sites (N-methyl/N-ethyl adjacent to an activating group) is 1. The summed E-state index contributed by atoms with van der Waals surface area (Å²) in [6.07, 6.45) is 6.93. The molecule has 0 radical (unpaired) electrons. The summed E-state index contributed by atoms with van der Waals surface area (Å²) in [5.41, 5.74) is -0.0312. The molecule has 0 atom stereocenters. The van der Waals surface area contributed by atoms with Crippen molar-refractivity contribution in [1.82, 2.24) is 10.2 Å². The summed E-state index contributed by atoms with van der Waals surface area (Å²) in [5, 5.41) is 3.27. The van der Waals surface area contributed by atoms with E-state index in [1.54, 1.807) is 0 Å². The van der Waals surface area contributed by atoms with Crippen molar-refractivity contribution in [3.05, 3.63) is 34.6 Å². The standard InChI is InChI=1S/C17H24ClFN2O/c1-21(2)17(9-5-3-4-6-10-17)12-20-16(22)14-11-13(18)7-8-15(14)19/h7-8,11H,3-6,9-10,12H2,1-2H3,(H,20,22). The quantitative estimate of drug-likeness (QED) is 0.852. The van der Waals surface area contributed by atoms with Gasteiger partial charge in [0.25, 0.3) is 5.91 Å². The molecule has 5 heteroatoms.